The first-order valence-electron chi connectivity index (χ1n) is 8.18. The molecule has 2 atom stereocenters. The van der Waals surface area contributed by atoms with Gasteiger partial charge < -0.3 is 4.90 Å². The second-order valence-corrected chi connectivity index (χ2v) is 7.94. The highest BCUT2D eigenvalue weighted by molar-refractivity contribution is 7.99. The molecule has 3 heterocycles. The van der Waals surface area contributed by atoms with Crippen molar-refractivity contribution in [2.75, 3.05) is 30.8 Å². The number of hydrogen-bond donors (Lipinski definition) is 0. The first-order valence-corrected chi connectivity index (χ1v) is 9.16. The zero-order valence-corrected chi connectivity index (χ0v) is 15.2. The van der Waals surface area contributed by atoms with Crippen LogP contribution in [0.3, 0.4) is 0 Å². The Morgan fingerprint density at radius 1 is 1.33 bits per heavy atom. The zero-order valence-electron chi connectivity index (χ0n) is 14.3. The van der Waals surface area contributed by atoms with Gasteiger partial charge >= 0.3 is 5.69 Å². The molecule has 0 bridgehead atoms. The van der Waals surface area contributed by atoms with Crippen LogP contribution in [-0.4, -0.2) is 52.4 Å². The van der Waals surface area contributed by atoms with Crippen LogP contribution in [0.15, 0.2) is 15.8 Å². The number of rotatable bonds is 0. The molecule has 1 aromatic carbocycles. The van der Waals surface area contributed by atoms with E-state index < -0.39 is 0 Å². The van der Waals surface area contributed by atoms with Crippen LogP contribution >= 0.6 is 11.8 Å². The van der Waals surface area contributed by atoms with Gasteiger partial charge in [0, 0.05) is 31.9 Å². The van der Waals surface area contributed by atoms with E-state index in [4.69, 9.17) is 0 Å². The standard InChI is InChI=1S/C17H21FN4OS/c1-9-5-12-13-15(14(9)18)24-8-11-7-20(3)10(2)6-22(11)16(13)19-17(23)21(12)4/h5,10-11H,6-8H2,1-4H3. The van der Waals surface area contributed by atoms with E-state index in [9.17, 15) is 9.18 Å². The Hall–Kier alpha value is -1.60. The zero-order chi connectivity index (χ0) is 17.2. The molecule has 24 heavy (non-hydrogen) atoms. The van der Waals surface area contributed by atoms with Gasteiger partial charge in [0.2, 0.25) is 0 Å². The number of benzene rings is 1. The number of aryl methyl sites for hydroxylation is 2. The monoisotopic (exact) mass is 348 g/mol. The largest absolute Gasteiger partial charge is 0.349 e. The third kappa shape index (κ3) is 2.18. The van der Waals surface area contributed by atoms with Crippen LogP contribution in [0.1, 0.15) is 12.5 Å². The molecule has 4 rings (SSSR count). The van der Waals surface area contributed by atoms with Crippen molar-refractivity contribution < 1.29 is 4.39 Å². The Balaban J connectivity index is 2.05. The number of hydrogen-bond acceptors (Lipinski definition) is 5. The number of piperazine rings is 1. The second kappa shape index (κ2) is 5.46. The van der Waals surface area contributed by atoms with Crippen molar-refractivity contribution in [3.63, 3.8) is 0 Å². The summed E-state index contributed by atoms with van der Waals surface area (Å²) in [6, 6.07) is 2.36. The lowest BCUT2D eigenvalue weighted by Gasteiger charge is -2.43. The summed E-state index contributed by atoms with van der Waals surface area (Å²) in [7, 11) is 3.82. The van der Waals surface area contributed by atoms with Crippen molar-refractivity contribution in [3.8, 4) is 0 Å². The molecular formula is C17H21FN4OS. The van der Waals surface area contributed by atoms with Gasteiger partial charge in [-0.1, -0.05) is 0 Å². The molecule has 128 valence electrons. The molecule has 0 N–H and O–H groups in total. The molecule has 2 aromatic rings. The fourth-order valence-electron chi connectivity index (χ4n) is 3.66. The molecule has 5 nitrogen and oxygen atoms in total. The third-order valence-corrected chi connectivity index (χ3v) is 6.52. The Morgan fingerprint density at radius 3 is 2.83 bits per heavy atom. The Kier molecular flexibility index (Phi) is 3.61. The average Bonchev–Trinajstić information content (AvgIpc) is 2.68. The van der Waals surface area contributed by atoms with Gasteiger partial charge in [0.1, 0.15) is 11.6 Å². The second-order valence-electron chi connectivity index (χ2n) is 6.91. The number of aromatic nitrogens is 2. The smallest absolute Gasteiger partial charge is 0.349 e. The summed E-state index contributed by atoms with van der Waals surface area (Å²) in [5.74, 6) is 1.26. The first kappa shape index (κ1) is 15.9. The number of fused-ring (bicyclic) bond motifs is 2. The quantitative estimate of drug-likeness (QED) is 0.728. The summed E-state index contributed by atoms with van der Waals surface area (Å²) in [5.41, 5.74) is 1.05. The van der Waals surface area contributed by atoms with Crippen molar-refractivity contribution in [1.82, 2.24) is 14.5 Å². The van der Waals surface area contributed by atoms with Gasteiger partial charge in [0.25, 0.3) is 0 Å². The third-order valence-electron chi connectivity index (χ3n) is 5.30. The van der Waals surface area contributed by atoms with E-state index >= 15 is 0 Å². The summed E-state index contributed by atoms with van der Waals surface area (Å²) < 4.78 is 16.3. The molecule has 1 aromatic heterocycles. The molecule has 0 amide bonds. The molecule has 0 aliphatic carbocycles. The summed E-state index contributed by atoms with van der Waals surface area (Å²) in [6.45, 7) is 5.61. The van der Waals surface area contributed by atoms with E-state index in [2.05, 4.69) is 28.8 Å². The van der Waals surface area contributed by atoms with Gasteiger partial charge in [-0.25, -0.2) is 9.18 Å². The SMILES string of the molecule is Cc1cc2c3c(nc(=O)n2C)N2CC(C)N(C)CC2CSc3c1F. The predicted octanol–water partition coefficient (Wildman–Crippen LogP) is 2.00. The van der Waals surface area contributed by atoms with Gasteiger partial charge in [-0.2, -0.15) is 4.98 Å². The van der Waals surface area contributed by atoms with Gasteiger partial charge in [-0.05, 0) is 32.5 Å². The van der Waals surface area contributed by atoms with Crippen LogP contribution < -0.4 is 10.6 Å². The molecule has 0 radical (unpaired) electrons. The van der Waals surface area contributed by atoms with E-state index in [-0.39, 0.29) is 17.5 Å². The molecule has 0 spiro atoms. The summed E-state index contributed by atoms with van der Waals surface area (Å²) in [5, 5.41) is 0.782. The lowest BCUT2D eigenvalue weighted by Crippen LogP contribution is -2.57. The minimum absolute atomic E-state index is 0.185. The maximum atomic E-state index is 14.8. The molecular weight excluding hydrogens is 327 g/mol. The van der Waals surface area contributed by atoms with Crippen LogP contribution in [0.4, 0.5) is 10.2 Å². The molecule has 2 unspecified atom stereocenters. The highest BCUT2D eigenvalue weighted by atomic mass is 32.2. The van der Waals surface area contributed by atoms with E-state index in [0.29, 0.717) is 22.3 Å². The highest BCUT2D eigenvalue weighted by Crippen LogP contribution is 2.41. The molecule has 2 aliphatic rings. The van der Waals surface area contributed by atoms with E-state index in [1.165, 1.54) is 4.57 Å². The topological polar surface area (TPSA) is 41.4 Å². The van der Waals surface area contributed by atoms with Gasteiger partial charge in [0.05, 0.1) is 21.8 Å². The number of likely N-dealkylation sites (N-methyl/N-ethyl adjacent to an activating group) is 1. The van der Waals surface area contributed by atoms with Crippen LogP contribution in [-0.2, 0) is 7.05 Å². The van der Waals surface area contributed by atoms with Crippen LogP contribution in [0, 0.1) is 12.7 Å². The predicted molar refractivity (Wildman–Crippen MR) is 95.6 cm³/mol. The van der Waals surface area contributed by atoms with Gasteiger partial charge in [-0.3, -0.25) is 9.47 Å². The maximum absolute atomic E-state index is 14.8. The maximum Gasteiger partial charge on any atom is 0.349 e. The molecule has 1 fully saturated rings. The lowest BCUT2D eigenvalue weighted by atomic mass is 10.1. The Morgan fingerprint density at radius 2 is 2.08 bits per heavy atom. The average molecular weight is 348 g/mol. The Bertz CT molecular complexity index is 897. The van der Waals surface area contributed by atoms with Crippen molar-refractivity contribution >= 4 is 28.5 Å². The van der Waals surface area contributed by atoms with E-state index in [1.807, 2.05) is 0 Å². The lowest BCUT2D eigenvalue weighted by molar-refractivity contribution is 0.207. The highest BCUT2D eigenvalue weighted by Gasteiger charge is 2.35. The Labute approximate surface area is 144 Å². The molecule has 2 aliphatic heterocycles. The fourth-order valence-corrected chi connectivity index (χ4v) is 4.93. The van der Waals surface area contributed by atoms with Crippen LogP contribution in [0.25, 0.3) is 10.9 Å². The fraction of sp³-hybridized carbons (Fsp3) is 0.529. The normalized spacial score (nSPS) is 24.1. The number of thioether (sulfide) groups is 1. The van der Waals surface area contributed by atoms with Crippen LogP contribution in [0.2, 0.25) is 0 Å². The first-order chi connectivity index (χ1) is 11.4. The van der Waals surface area contributed by atoms with Crippen LogP contribution in [0.5, 0.6) is 0 Å². The van der Waals surface area contributed by atoms with E-state index in [1.54, 1.807) is 31.8 Å². The molecule has 1 saturated heterocycles. The number of halogens is 1. The van der Waals surface area contributed by atoms with Crippen molar-refractivity contribution in [2.45, 2.75) is 30.8 Å². The van der Waals surface area contributed by atoms with Crippen molar-refractivity contribution in [3.05, 3.63) is 27.9 Å². The van der Waals surface area contributed by atoms with Gasteiger partial charge in [0.15, 0.2) is 0 Å². The minimum atomic E-state index is -0.285. The summed E-state index contributed by atoms with van der Waals surface area (Å²) in [6.07, 6.45) is 0. The number of anilines is 1. The number of nitrogens with zero attached hydrogens (tertiary/aromatic N) is 4. The van der Waals surface area contributed by atoms with Gasteiger partial charge in [-0.15, -0.1) is 11.8 Å². The molecule has 7 heteroatoms. The minimum Gasteiger partial charge on any atom is -0.349 e. The van der Waals surface area contributed by atoms with Crippen molar-refractivity contribution in [1.29, 1.82) is 0 Å². The summed E-state index contributed by atoms with van der Waals surface area (Å²) in [4.78, 5) is 21.9. The van der Waals surface area contributed by atoms with Crippen molar-refractivity contribution in [2.24, 2.45) is 7.05 Å². The summed E-state index contributed by atoms with van der Waals surface area (Å²) >= 11 is 1.55. The van der Waals surface area contributed by atoms with E-state index in [0.717, 1.165) is 29.7 Å². The molecule has 0 saturated carbocycles.